The second-order valence-corrected chi connectivity index (χ2v) is 24.7. The van der Waals surface area contributed by atoms with Gasteiger partial charge in [-0.05, 0) is 181 Å². The molecule has 0 aromatic heterocycles. The van der Waals surface area contributed by atoms with E-state index in [2.05, 4.69) is 31.9 Å². The summed E-state index contributed by atoms with van der Waals surface area (Å²) in [6.07, 6.45) is 6.76. The molecule has 0 aliphatic rings. The molecule has 9 amide bonds. The number of rotatable bonds is 47. The van der Waals surface area contributed by atoms with Crippen molar-refractivity contribution in [1.29, 1.82) is 0 Å². The third-order valence-corrected chi connectivity index (χ3v) is 17.0. The van der Waals surface area contributed by atoms with E-state index in [9.17, 15) is 38.4 Å². The summed E-state index contributed by atoms with van der Waals surface area (Å²) in [5.41, 5.74) is 38.4. The van der Waals surface area contributed by atoms with Crippen molar-refractivity contribution >= 4 is 74.7 Å². The molecule has 0 heterocycles. The molecular weight excluding hydrogens is 1220 g/mol. The fraction of sp³-hybridized carbons (Fsp3) is 0.514. The quantitative estimate of drug-likeness (QED) is 0.0248. The largest absolute Gasteiger partial charge is 0.368 e. The second-order valence-electron chi connectivity index (χ2n) is 24.7. The molecule has 0 aliphatic heterocycles. The van der Waals surface area contributed by atoms with E-state index in [1.807, 2.05) is 123 Å². The Morgan fingerprint density at radius 2 is 0.802 bits per heavy atom. The van der Waals surface area contributed by atoms with Crippen LogP contribution in [0.5, 0.6) is 0 Å². The minimum atomic E-state index is -1.22. The van der Waals surface area contributed by atoms with E-state index >= 15 is 4.79 Å². The Labute approximate surface area is 566 Å². The maximum Gasteiger partial charge on any atom is 0.243 e. The predicted molar refractivity (Wildman–Crippen MR) is 376 cm³/mol. The lowest BCUT2D eigenvalue weighted by Crippen LogP contribution is -2.59. The van der Waals surface area contributed by atoms with Gasteiger partial charge in [0.15, 0.2) is 0 Å². The average molecular weight is 1330 g/mol. The van der Waals surface area contributed by atoms with E-state index in [1.54, 1.807) is 0 Å². The van der Waals surface area contributed by atoms with Crippen LogP contribution in [0.3, 0.4) is 0 Å². The lowest BCUT2D eigenvalue weighted by molar-refractivity contribution is -0.145. The number of hydrogen-bond acceptors (Lipinski definition) is 15. The molecule has 24 heteroatoms. The number of fused-ring (bicyclic) bond motifs is 2. The van der Waals surface area contributed by atoms with E-state index in [0.717, 1.165) is 43.8 Å². The Bertz CT molecular complexity index is 3250. The Kier molecular flexibility index (Phi) is 35.6. The van der Waals surface area contributed by atoms with Gasteiger partial charge in [-0.2, -0.15) is 0 Å². The first-order valence-corrected chi connectivity index (χ1v) is 34.3. The number of carbonyl (C=O) groups excluding carboxylic acids is 9. The lowest BCUT2D eigenvalue weighted by Gasteiger charge is -2.31. The minimum absolute atomic E-state index is 0.00383. The summed E-state index contributed by atoms with van der Waals surface area (Å²) in [5, 5.41) is 21.2. The highest BCUT2D eigenvalue weighted by molar-refractivity contribution is 5.97. The maximum atomic E-state index is 15.1. The van der Waals surface area contributed by atoms with Gasteiger partial charge in [-0.3, -0.25) is 43.2 Å². The van der Waals surface area contributed by atoms with Gasteiger partial charge in [0, 0.05) is 26.2 Å². The summed E-state index contributed by atoms with van der Waals surface area (Å²) in [7, 11) is 0. The third-order valence-electron chi connectivity index (χ3n) is 17.0. The van der Waals surface area contributed by atoms with Crippen molar-refractivity contribution in [2.24, 2.45) is 34.4 Å². The van der Waals surface area contributed by atoms with Crippen molar-refractivity contribution < 1.29 is 43.2 Å². The number of nitrogens with zero attached hydrogens (tertiary/aromatic N) is 3. The number of nitrogens with two attached hydrogens (primary N) is 6. The normalized spacial score (nSPS) is 12.8. The highest BCUT2D eigenvalue weighted by Gasteiger charge is 2.34. The van der Waals surface area contributed by atoms with Gasteiger partial charge in [-0.25, -0.2) is 0 Å². The highest BCUT2D eigenvalue weighted by atomic mass is 16.2. The first-order valence-electron chi connectivity index (χ1n) is 34.3. The van der Waals surface area contributed by atoms with Crippen LogP contribution in [0.1, 0.15) is 138 Å². The van der Waals surface area contributed by atoms with Crippen LogP contribution in [0.25, 0.3) is 21.5 Å². The fourth-order valence-electron chi connectivity index (χ4n) is 11.4. The molecule has 0 fully saturated rings. The number of hydrogen-bond donors (Lipinski definition) is 12. The topological polar surface area (TPSA) is 392 Å². The van der Waals surface area contributed by atoms with Crippen molar-refractivity contribution in [3.8, 4) is 0 Å². The molecule has 524 valence electrons. The Morgan fingerprint density at radius 1 is 0.406 bits per heavy atom. The predicted octanol–water partition coefficient (Wildman–Crippen LogP) is 3.63. The van der Waals surface area contributed by atoms with E-state index < -0.39 is 90.6 Å². The van der Waals surface area contributed by atoms with E-state index in [4.69, 9.17) is 34.4 Å². The summed E-state index contributed by atoms with van der Waals surface area (Å²) in [4.78, 5) is 133. The van der Waals surface area contributed by atoms with Gasteiger partial charge in [0.2, 0.25) is 53.2 Å². The molecule has 0 saturated heterocycles. The van der Waals surface area contributed by atoms with Crippen LogP contribution < -0.4 is 66.3 Å². The molecule has 5 atom stereocenters. The van der Waals surface area contributed by atoms with E-state index in [-0.39, 0.29) is 70.7 Å². The molecule has 24 nitrogen and oxygen atoms in total. The van der Waals surface area contributed by atoms with Crippen LogP contribution in [0.15, 0.2) is 109 Å². The molecule has 5 aromatic rings. The van der Waals surface area contributed by atoms with Crippen molar-refractivity contribution in [2.45, 2.75) is 173 Å². The summed E-state index contributed by atoms with van der Waals surface area (Å²) >= 11 is 0. The maximum absolute atomic E-state index is 15.1. The van der Waals surface area contributed by atoms with Crippen LogP contribution in [-0.4, -0.2) is 164 Å². The average Bonchev–Trinajstić information content (AvgIpc) is 0.837. The Morgan fingerprint density at radius 3 is 1.26 bits per heavy atom. The number of amides is 9. The second kappa shape index (κ2) is 43.6. The van der Waals surface area contributed by atoms with Crippen molar-refractivity contribution in [3.63, 3.8) is 0 Å². The van der Waals surface area contributed by atoms with Gasteiger partial charge < -0.3 is 81.0 Å². The van der Waals surface area contributed by atoms with Gasteiger partial charge >= 0.3 is 0 Å². The van der Waals surface area contributed by atoms with Crippen LogP contribution in [-0.2, 0) is 62.8 Å². The number of nitrogens with one attached hydrogen (secondary N) is 6. The first kappa shape index (κ1) is 78.3. The molecule has 18 N–H and O–H groups in total. The molecule has 0 aliphatic carbocycles. The molecular formula is C72H107N15O9. The SMILES string of the molecule is CCCCN(CC(=O)N[C@@H](CCCCN)C(=O)N[C@@H](CCCCN)C(=O)N[C@@H](CCCCN)C(=O)N[C@@H](CCCCN)C(=O)N[C@@H](CCCCN)C(N)=O)C(=O)CN(Cc1cccc2ccccc12)C(=O)CN(Cc1ccc(C)cc1)C(=O)CNCc1cccc2ccccc12. The number of unbranched alkanes of at least 4 members (excludes halogenated alkanes) is 6. The standard InChI is InChI=1S/C72H107N15O9/c1-3-4-43-85(66(90)49-87(47-56-26-20-24-54-22-6-8-28-58(54)56)67(91)50-86(46-52-36-34-51(2)35-37-52)65(89)45-79-44-55-25-19-23-53-21-5-7-27-57(53)55)48-64(88)80-60(30-10-15-39-74)69(93)82-62(32-12-17-41-76)71(95)84-63(33-13-18-42-77)72(96)83-61(31-11-16-40-75)70(94)81-59(68(78)92)29-9-14-38-73/h5-8,19-28,34-37,59-63,79H,3-4,9-18,29-33,38-50,73-77H2,1-2H3,(H2,78,92)(H,80,88)(H,81,94)(H,82,93)(H,83,96)(H,84,95)/t59-,60-,61-,62-,63-/m0/s1. The van der Waals surface area contributed by atoms with Gasteiger partial charge in [-0.1, -0.05) is 128 Å². The molecule has 96 heavy (non-hydrogen) atoms. The molecule has 0 radical (unpaired) electrons. The number of carbonyl (C=O) groups is 9. The lowest BCUT2D eigenvalue weighted by atomic mass is 10.0. The monoisotopic (exact) mass is 1330 g/mol. The van der Waals surface area contributed by atoms with Crippen molar-refractivity contribution in [1.82, 2.24) is 46.6 Å². The molecule has 0 saturated carbocycles. The van der Waals surface area contributed by atoms with Gasteiger partial charge in [0.25, 0.3) is 0 Å². The molecule has 5 rings (SSSR count). The number of benzene rings is 5. The number of primary amides is 1. The fourth-order valence-corrected chi connectivity index (χ4v) is 11.4. The Balaban J connectivity index is 1.38. The molecule has 0 unspecified atom stereocenters. The third kappa shape index (κ3) is 27.0. The van der Waals surface area contributed by atoms with Crippen LogP contribution in [0.2, 0.25) is 0 Å². The van der Waals surface area contributed by atoms with Crippen LogP contribution in [0.4, 0.5) is 0 Å². The van der Waals surface area contributed by atoms with Gasteiger partial charge in [0.1, 0.15) is 43.3 Å². The van der Waals surface area contributed by atoms with Gasteiger partial charge in [-0.15, -0.1) is 0 Å². The smallest absolute Gasteiger partial charge is 0.243 e. The van der Waals surface area contributed by atoms with Crippen LogP contribution in [0, 0.1) is 6.92 Å². The van der Waals surface area contributed by atoms with E-state index in [1.165, 1.54) is 14.7 Å². The summed E-state index contributed by atoms with van der Waals surface area (Å²) in [5.74, 6) is -5.49. The first-order chi connectivity index (χ1) is 46.4. The van der Waals surface area contributed by atoms with Crippen LogP contribution >= 0.6 is 0 Å². The Hall–Kier alpha value is -8.39. The van der Waals surface area contributed by atoms with E-state index in [0.29, 0.717) is 116 Å². The summed E-state index contributed by atoms with van der Waals surface area (Å²) < 4.78 is 0. The zero-order valence-electron chi connectivity index (χ0n) is 56.5. The zero-order chi connectivity index (χ0) is 69.6. The zero-order valence-corrected chi connectivity index (χ0v) is 56.5. The van der Waals surface area contributed by atoms with Gasteiger partial charge in [0.05, 0.1) is 13.1 Å². The molecule has 5 aromatic carbocycles. The molecule has 0 spiro atoms. The highest BCUT2D eigenvalue weighted by Crippen LogP contribution is 2.22. The van der Waals surface area contributed by atoms with Crippen molar-refractivity contribution in [2.75, 3.05) is 65.4 Å². The summed E-state index contributed by atoms with van der Waals surface area (Å²) in [6, 6.07) is 29.4. The number of aryl methyl sites for hydroxylation is 1. The molecule has 0 bridgehead atoms. The minimum Gasteiger partial charge on any atom is -0.368 e. The van der Waals surface area contributed by atoms with Crippen molar-refractivity contribution in [3.05, 3.63) is 131 Å². The summed E-state index contributed by atoms with van der Waals surface area (Å²) in [6.45, 7) is 4.78.